The molecule has 0 spiro atoms. The number of likely N-dealkylation sites (tertiary alicyclic amines) is 1. The minimum absolute atomic E-state index is 0.194. The van der Waals surface area contributed by atoms with E-state index in [0.29, 0.717) is 11.3 Å². The van der Waals surface area contributed by atoms with Crippen LogP contribution in [0.25, 0.3) is 33.5 Å². The SMILES string of the molecule is COc1cc(-c2cccc(-c3cccc(-c4ccc(CN5CC[C@@H](O)C5)cc4)c3C)c2C)ncc1C=O. The monoisotopic (exact) mass is 492 g/mol. The highest BCUT2D eigenvalue weighted by atomic mass is 16.5. The Morgan fingerprint density at radius 1 is 0.973 bits per heavy atom. The van der Waals surface area contributed by atoms with Crippen LogP contribution < -0.4 is 4.74 Å². The number of hydrogen-bond acceptors (Lipinski definition) is 5. The number of benzene rings is 3. The van der Waals surface area contributed by atoms with Crippen molar-refractivity contribution in [2.75, 3.05) is 20.2 Å². The molecule has 1 atom stereocenters. The third-order valence-corrected chi connectivity index (χ3v) is 7.39. The van der Waals surface area contributed by atoms with E-state index in [2.05, 4.69) is 84.4 Å². The maximum Gasteiger partial charge on any atom is 0.155 e. The molecule has 0 unspecified atom stereocenters. The van der Waals surface area contributed by atoms with Crippen LogP contribution in [-0.4, -0.2) is 47.6 Å². The first-order chi connectivity index (χ1) is 18.0. The lowest BCUT2D eigenvalue weighted by Gasteiger charge is -2.17. The molecule has 5 rings (SSSR count). The highest BCUT2D eigenvalue weighted by Gasteiger charge is 2.20. The molecule has 188 valence electrons. The lowest BCUT2D eigenvalue weighted by Crippen LogP contribution is -2.21. The van der Waals surface area contributed by atoms with Crippen LogP contribution >= 0.6 is 0 Å². The van der Waals surface area contributed by atoms with E-state index in [-0.39, 0.29) is 6.10 Å². The zero-order chi connectivity index (χ0) is 25.9. The van der Waals surface area contributed by atoms with Crippen molar-refractivity contribution in [1.82, 2.24) is 9.88 Å². The summed E-state index contributed by atoms with van der Waals surface area (Å²) in [6.45, 7) is 6.87. The van der Waals surface area contributed by atoms with E-state index in [1.54, 1.807) is 13.3 Å². The molecule has 0 aliphatic carbocycles. The van der Waals surface area contributed by atoms with Crippen LogP contribution in [0.3, 0.4) is 0 Å². The Hall–Kier alpha value is -3.80. The third kappa shape index (κ3) is 5.06. The second-order valence-corrected chi connectivity index (χ2v) is 9.76. The number of carbonyl (C=O) groups is 1. The molecule has 1 N–H and O–H groups in total. The number of hydrogen-bond donors (Lipinski definition) is 1. The summed E-state index contributed by atoms with van der Waals surface area (Å²) in [7, 11) is 1.56. The quantitative estimate of drug-likeness (QED) is 0.317. The van der Waals surface area contributed by atoms with Crippen molar-refractivity contribution in [2.24, 2.45) is 0 Å². The maximum absolute atomic E-state index is 11.3. The number of methoxy groups -OCH3 is 1. The summed E-state index contributed by atoms with van der Waals surface area (Å²) in [5, 5.41) is 9.80. The van der Waals surface area contributed by atoms with Crippen LogP contribution in [0.2, 0.25) is 0 Å². The molecule has 1 aliphatic rings. The average Bonchev–Trinajstić information content (AvgIpc) is 3.33. The second kappa shape index (κ2) is 10.7. The Morgan fingerprint density at radius 2 is 1.62 bits per heavy atom. The van der Waals surface area contributed by atoms with Gasteiger partial charge in [0.25, 0.3) is 0 Å². The normalized spacial score (nSPS) is 15.6. The largest absolute Gasteiger partial charge is 0.496 e. The second-order valence-electron chi connectivity index (χ2n) is 9.76. The predicted octanol–water partition coefficient (Wildman–Crippen LogP) is 6.09. The van der Waals surface area contributed by atoms with Crippen molar-refractivity contribution < 1.29 is 14.6 Å². The number of pyridine rings is 1. The summed E-state index contributed by atoms with van der Waals surface area (Å²) in [5.41, 5.74) is 10.6. The van der Waals surface area contributed by atoms with E-state index in [4.69, 9.17) is 4.74 Å². The van der Waals surface area contributed by atoms with Crippen LogP contribution in [-0.2, 0) is 6.54 Å². The van der Waals surface area contributed by atoms with Gasteiger partial charge in [-0.05, 0) is 59.2 Å². The van der Waals surface area contributed by atoms with E-state index >= 15 is 0 Å². The molecule has 1 saturated heterocycles. The summed E-state index contributed by atoms with van der Waals surface area (Å²) in [5.74, 6) is 0.521. The average molecular weight is 493 g/mol. The van der Waals surface area contributed by atoms with E-state index < -0.39 is 0 Å². The van der Waals surface area contributed by atoms with Gasteiger partial charge >= 0.3 is 0 Å². The number of carbonyl (C=O) groups excluding carboxylic acids is 1. The molecule has 0 bridgehead atoms. The van der Waals surface area contributed by atoms with Gasteiger partial charge in [0.1, 0.15) is 5.75 Å². The molecule has 5 nitrogen and oxygen atoms in total. The van der Waals surface area contributed by atoms with Crippen LogP contribution in [0.4, 0.5) is 0 Å². The summed E-state index contributed by atoms with van der Waals surface area (Å²) in [6.07, 6.45) is 2.99. The van der Waals surface area contributed by atoms with Gasteiger partial charge in [-0.15, -0.1) is 0 Å². The van der Waals surface area contributed by atoms with Crippen LogP contribution in [0.15, 0.2) is 72.9 Å². The molecule has 0 amide bonds. The Labute approximate surface area is 218 Å². The van der Waals surface area contributed by atoms with Gasteiger partial charge in [0.15, 0.2) is 6.29 Å². The summed E-state index contributed by atoms with van der Waals surface area (Å²) >= 11 is 0. The van der Waals surface area contributed by atoms with Crippen molar-refractivity contribution in [2.45, 2.75) is 32.9 Å². The van der Waals surface area contributed by atoms with Crippen LogP contribution in [0, 0.1) is 13.8 Å². The van der Waals surface area contributed by atoms with Gasteiger partial charge in [-0.2, -0.15) is 0 Å². The number of aldehydes is 1. The number of ether oxygens (including phenoxy) is 1. The molecule has 1 aliphatic heterocycles. The van der Waals surface area contributed by atoms with Gasteiger partial charge in [0.05, 0.1) is 24.5 Å². The van der Waals surface area contributed by atoms with E-state index in [0.717, 1.165) is 54.7 Å². The van der Waals surface area contributed by atoms with E-state index in [9.17, 15) is 9.90 Å². The highest BCUT2D eigenvalue weighted by Crippen LogP contribution is 2.37. The first kappa shape index (κ1) is 24.9. The van der Waals surface area contributed by atoms with E-state index in [1.165, 1.54) is 27.8 Å². The topological polar surface area (TPSA) is 62.7 Å². The van der Waals surface area contributed by atoms with Gasteiger partial charge in [0.2, 0.25) is 0 Å². The van der Waals surface area contributed by atoms with Crippen molar-refractivity contribution in [3.8, 4) is 39.3 Å². The van der Waals surface area contributed by atoms with Crippen molar-refractivity contribution in [3.05, 3.63) is 95.2 Å². The first-order valence-electron chi connectivity index (χ1n) is 12.7. The molecule has 0 radical (unpaired) electrons. The minimum atomic E-state index is -0.194. The number of β-amino-alcohol motifs (C(OH)–C–C–N with tert-alkyl or cyclic N) is 1. The minimum Gasteiger partial charge on any atom is -0.496 e. The molecular formula is C32H32N2O3. The standard InChI is InChI=1S/C32H32N2O3/c1-21-27(24-12-10-23(11-13-24)18-34-15-14-26(36)19-34)6-4-7-28(21)29-8-5-9-30(22(29)2)31-16-32(37-3)25(20-35)17-33-31/h4-13,16-17,20,26,36H,14-15,18-19H2,1-3H3/t26-/m1/s1. The van der Waals surface area contributed by atoms with Crippen molar-refractivity contribution >= 4 is 6.29 Å². The number of aliphatic hydroxyl groups excluding tert-OH is 1. The third-order valence-electron chi connectivity index (χ3n) is 7.39. The van der Waals surface area contributed by atoms with E-state index in [1.807, 2.05) is 6.07 Å². The number of aromatic nitrogens is 1. The van der Waals surface area contributed by atoms with Crippen LogP contribution in [0.5, 0.6) is 5.75 Å². The Bertz CT molecular complexity index is 1430. The lowest BCUT2D eigenvalue weighted by atomic mass is 9.88. The number of nitrogens with zero attached hydrogens (tertiary/aromatic N) is 2. The van der Waals surface area contributed by atoms with Crippen molar-refractivity contribution in [1.29, 1.82) is 0 Å². The Balaban J connectivity index is 1.46. The molecule has 2 heterocycles. The molecule has 37 heavy (non-hydrogen) atoms. The Kier molecular flexibility index (Phi) is 7.17. The van der Waals surface area contributed by atoms with Gasteiger partial charge in [-0.25, -0.2) is 0 Å². The van der Waals surface area contributed by atoms with Gasteiger partial charge in [-0.1, -0.05) is 60.7 Å². The fourth-order valence-electron chi connectivity index (χ4n) is 5.31. The zero-order valence-corrected chi connectivity index (χ0v) is 21.6. The summed E-state index contributed by atoms with van der Waals surface area (Å²) in [6, 6.07) is 23.3. The molecular weight excluding hydrogens is 460 g/mol. The Morgan fingerprint density at radius 3 is 2.24 bits per heavy atom. The first-order valence-corrected chi connectivity index (χ1v) is 12.7. The van der Waals surface area contributed by atoms with Gasteiger partial charge in [0, 0.05) is 37.5 Å². The molecule has 4 aromatic rings. The van der Waals surface area contributed by atoms with Gasteiger partial charge < -0.3 is 9.84 Å². The number of rotatable bonds is 7. The fraction of sp³-hybridized carbons (Fsp3) is 0.250. The molecule has 5 heteroatoms. The van der Waals surface area contributed by atoms with Crippen LogP contribution in [0.1, 0.15) is 33.5 Å². The zero-order valence-electron chi connectivity index (χ0n) is 21.6. The maximum atomic E-state index is 11.3. The summed E-state index contributed by atoms with van der Waals surface area (Å²) < 4.78 is 5.40. The fourth-order valence-corrected chi connectivity index (χ4v) is 5.31. The van der Waals surface area contributed by atoms with Gasteiger partial charge in [-0.3, -0.25) is 14.7 Å². The molecule has 0 saturated carbocycles. The lowest BCUT2D eigenvalue weighted by molar-refractivity contribution is 0.112. The molecule has 3 aromatic carbocycles. The smallest absolute Gasteiger partial charge is 0.155 e. The predicted molar refractivity (Wildman–Crippen MR) is 148 cm³/mol. The number of aliphatic hydroxyl groups is 1. The summed E-state index contributed by atoms with van der Waals surface area (Å²) in [4.78, 5) is 18.1. The molecule has 1 fully saturated rings. The van der Waals surface area contributed by atoms with Crippen molar-refractivity contribution in [3.63, 3.8) is 0 Å². The molecule has 1 aromatic heterocycles. The highest BCUT2D eigenvalue weighted by molar-refractivity contribution is 5.84.